The fourth-order valence-corrected chi connectivity index (χ4v) is 5.34. The Morgan fingerprint density at radius 2 is 2.10 bits per heavy atom. The van der Waals surface area contributed by atoms with Crippen LogP contribution in [0.3, 0.4) is 0 Å². The smallest absolute Gasteiger partial charge is 0.0186 e. The second kappa shape index (κ2) is 7.52. The number of benzene rings is 1. The molecule has 2 N–H and O–H groups in total. The molecule has 0 saturated heterocycles. The predicted molar refractivity (Wildman–Crippen MR) is 97.7 cm³/mol. The van der Waals surface area contributed by atoms with Crippen molar-refractivity contribution in [2.45, 2.75) is 56.6 Å². The third-order valence-corrected chi connectivity index (χ3v) is 7.23. The average Bonchev–Trinajstić information content (AvgIpc) is 2.47. The lowest BCUT2D eigenvalue weighted by molar-refractivity contribution is 0.134. The second-order valence-electron chi connectivity index (χ2n) is 6.96. The summed E-state index contributed by atoms with van der Waals surface area (Å²) in [7, 11) is 0. The zero-order valence-corrected chi connectivity index (χ0v) is 15.8. The SMILES string of the molecule is CCC(C)(C)C1CCC(CN)C(Sc2cccc(Br)c2)C1. The Morgan fingerprint density at radius 1 is 1.33 bits per heavy atom. The minimum atomic E-state index is 0.454. The van der Waals surface area contributed by atoms with E-state index in [9.17, 15) is 0 Å². The Morgan fingerprint density at radius 3 is 2.71 bits per heavy atom. The molecule has 1 aliphatic rings. The van der Waals surface area contributed by atoms with E-state index in [0.717, 1.165) is 16.9 Å². The highest BCUT2D eigenvalue weighted by Crippen LogP contribution is 2.46. The Hall–Kier alpha value is 0.01000. The molecule has 0 spiro atoms. The molecule has 0 aromatic heterocycles. The van der Waals surface area contributed by atoms with E-state index in [1.54, 1.807) is 0 Å². The fraction of sp³-hybridized carbons (Fsp3) is 0.667. The van der Waals surface area contributed by atoms with E-state index < -0.39 is 0 Å². The highest BCUT2D eigenvalue weighted by molar-refractivity contribution is 9.10. The highest BCUT2D eigenvalue weighted by Gasteiger charge is 2.37. The van der Waals surface area contributed by atoms with Crippen molar-refractivity contribution >= 4 is 27.7 Å². The molecule has 1 nitrogen and oxygen atoms in total. The quantitative estimate of drug-likeness (QED) is 0.717. The lowest BCUT2D eigenvalue weighted by Gasteiger charge is -2.42. The summed E-state index contributed by atoms with van der Waals surface area (Å²) >= 11 is 5.61. The van der Waals surface area contributed by atoms with E-state index in [-0.39, 0.29) is 0 Å². The molecule has 1 aromatic carbocycles. The maximum atomic E-state index is 6.04. The first-order chi connectivity index (χ1) is 9.96. The van der Waals surface area contributed by atoms with Gasteiger partial charge in [0.15, 0.2) is 0 Å². The summed E-state index contributed by atoms with van der Waals surface area (Å²) in [5, 5.41) is 0.661. The standard InChI is InChI=1S/C18H28BrNS/c1-4-18(2,3)14-9-8-13(12-20)17(10-14)21-16-7-5-6-15(19)11-16/h5-7,11,13-14,17H,4,8-10,12,20H2,1-3H3. The van der Waals surface area contributed by atoms with Crippen LogP contribution in [0.4, 0.5) is 0 Å². The van der Waals surface area contributed by atoms with Gasteiger partial charge in [-0.25, -0.2) is 0 Å². The van der Waals surface area contributed by atoms with Gasteiger partial charge in [0.2, 0.25) is 0 Å². The molecule has 0 aliphatic heterocycles. The van der Waals surface area contributed by atoms with Crippen molar-refractivity contribution in [2.24, 2.45) is 23.0 Å². The highest BCUT2D eigenvalue weighted by atomic mass is 79.9. The normalized spacial score (nSPS) is 26.8. The third kappa shape index (κ3) is 4.49. The van der Waals surface area contributed by atoms with Gasteiger partial charge in [-0.05, 0) is 61.3 Å². The van der Waals surface area contributed by atoms with Crippen molar-refractivity contribution < 1.29 is 0 Å². The van der Waals surface area contributed by atoms with Crippen LogP contribution < -0.4 is 5.73 Å². The summed E-state index contributed by atoms with van der Waals surface area (Å²) in [6.45, 7) is 8.01. The van der Waals surface area contributed by atoms with Gasteiger partial charge in [0.25, 0.3) is 0 Å². The molecule has 118 valence electrons. The van der Waals surface area contributed by atoms with Gasteiger partial charge in [-0.2, -0.15) is 0 Å². The molecule has 1 aliphatic carbocycles. The van der Waals surface area contributed by atoms with E-state index in [0.29, 0.717) is 16.6 Å². The van der Waals surface area contributed by atoms with Gasteiger partial charge in [-0.1, -0.05) is 49.2 Å². The zero-order valence-electron chi connectivity index (χ0n) is 13.4. The molecular weight excluding hydrogens is 342 g/mol. The Bertz CT molecular complexity index is 460. The fourth-order valence-electron chi connectivity index (χ4n) is 3.32. The number of hydrogen-bond acceptors (Lipinski definition) is 2. The Labute approximate surface area is 142 Å². The lowest BCUT2D eigenvalue weighted by atomic mass is 9.67. The molecular formula is C18H28BrNS. The maximum Gasteiger partial charge on any atom is 0.0186 e. The zero-order chi connectivity index (χ0) is 15.5. The van der Waals surface area contributed by atoms with Gasteiger partial charge in [-0.3, -0.25) is 0 Å². The predicted octanol–water partition coefficient (Wildman–Crippen LogP) is 5.72. The summed E-state index contributed by atoms with van der Waals surface area (Å²) in [6.07, 6.45) is 5.20. The van der Waals surface area contributed by atoms with Crippen LogP contribution in [0.15, 0.2) is 33.6 Å². The van der Waals surface area contributed by atoms with Gasteiger partial charge in [0, 0.05) is 14.6 Å². The van der Waals surface area contributed by atoms with Crippen molar-refractivity contribution in [3.8, 4) is 0 Å². The summed E-state index contributed by atoms with van der Waals surface area (Å²) < 4.78 is 1.16. The van der Waals surface area contributed by atoms with Crippen LogP contribution in [0, 0.1) is 17.3 Å². The molecule has 0 bridgehead atoms. The maximum absolute atomic E-state index is 6.04. The van der Waals surface area contributed by atoms with Gasteiger partial charge >= 0.3 is 0 Å². The first kappa shape index (κ1) is 17.4. The average molecular weight is 370 g/mol. The largest absolute Gasteiger partial charge is 0.330 e. The van der Waals surface area contributed by atoms with E-state index in [1.165, 1.54) is 30.6 Å². The Balaban J connectivity index is 2.10. The summed E-state index contributed by atoms with van der Waals surface area (Å²) in [5.41, 5.74) is 6.50. The van der Waals surface area contributed by atoms with E-state index in [1.807, 2.05) is 11.8 Å². The minimum absolute atomic E-state index is 0.454. The number of hydrogen-bond donors (Lipinski definition) is 1. The van der Waals surface area contributed by atoms with Gasteiger partial charge < -0.3 is 5.73 Å². The second-order valence-corrected chi connectivity index (χ2v) is 9.19. The first-order valence-corrected chi connectivity index (χ1v) is 9.75. The molecule has 21 heavy (non-hydrogen) atoms. The van der Waals surface area contributed by atoms with Gasteiger partial charge in [0.05, 0.1) is 0 Å². The van der Waals surface area contributed by atoms with Crippen molar-refractivity contribution in [3.05, 3.63) is 28.7 Å². The topological polar surface area (TPSA) is 26.0 Å². The number of halogens is 1. The number of nitrogens with two attached hydrogens (primary N) is 1. The van der Waals surface area contributed by atoms with Crippen LogP contribution in [-0.2, 0) is 0 Å². The first-order valence-electron chi connectivity index (χ1n) is 8.08. The molecule has 0 radical (unpaired) electrons. The van der Waals surface area contributed by atoms with Crippen LogP contribution in [0.5, 0.6) is 0 Å². The monoisotopic (exact) mass is 369 g/mol. The molecule has 1 saturated carbocycles. The summed E-state index contributed by atoms with van der Waals surface area (Å²) in [6, 6.07) is 8.67. The third-order valence-electron chi connectivity index (χ3n) is 5.33. The van der Waals surface area contributed by atoms with Crippen LogP contribution in [0.2, 0.25) is 0 Å². The molecule has 3 unspecified atom stereocenters. The van der Waals surface area contributed by atoms with Crippen molar-refractivity contribution in [3.63, 3.8) is 0 Å². The number of rotatable bonds is 5. The minimum Gasteiger partial charge on any atom is -0.330 e. The van der Waals surface area contributed by atoms with E-state index in [4.69, 9.17) is 5.73 Å². The van der Waals surface area contributed by atoms with Crippen molar-refractivity contribution in [2.75, 3.05) is 6.54 Å². The van der Waals surface area contributed by atoms with Crippen LogP contribution >= 0.6 is 27.7 Å². The molecule has 1 fully saturated rings. The van der Waals surface area contributed by atoms with Gasteiger partial charge in [-0.15, -0.1) is 11.8 Å². The lowest BCUT2D eigenvalue weighted by Crippen LogP contribution is -2.37. The van der Waals surface area contributed by atoms with Crippen molar-refractivity contribution in [1.82, 2.24) is 0 Å². The summed E-state index contributed by atoms with van der Waals surface area (Å²) in [5.74, 6) is 1.49. The number of thioether (sulfide) groups is 1. The van der Waals surface area contributed by atoms with Gasteiger partial charge in [0.1, 0.15) is 0 Å². The molecule has 2 rings (SSSR count). The van der Waals surface area contributed by atoms with Crippen LogP contribution in [-0.4, -0.2) is 11.8 Å². The summed E-state index contributed by atoms with van der Waals surface area (Å²) in [4.78, 5) is 1.36. The van der Waals surface area contributed by atoms with Crippen LogP contribution in [0.25, 0.3) is 0 Å². The van der Waals surface area contributed by atoms with Crippen LogP contribution in [0.1, 0.15) is 46.5 Å². The Kier molecular flexibility index (Phi) is 6.22. The molecule has 3 heteroatoms. The van der Waals surface area contributed by atoms with Crippen molar-refractivity contribution in [1.29, 1.82) is 0 Å². The molecule has 0 amide bonds. The molecule has 1 aromatic rings. The molecule has 3 atom stereocenters. The van der Waals surface area contributed by atoms with E-state index in [2.05, 4.69) is 61.0 Å². The molecule has 0 heterocycles. The van der Waals surface area contributed by atoms with E-state index >= 15 is 0 Å².